The van der Waals surface area contributed by atoms with Gasteiger partial charge in [0.25, 0.3) is 0 Å². The van der Waals surface area contributed by atoms with Crippen molar-refractivity contribution in [2.45, 2.75) is 40.7 Å². The summed E-state index contributed by atoms with van der Waals surface area (Å²) < 4.78 is 0. The Morgan fingerprint density at radius 1 is 1.26 bits per heavy atom. The lowest BCUT2D eigenvalue weighted by Crippen LogP contribution is -2.29. The molecule has 3 heteroatoms. The van der Waals surface area contributed by atoms with Gasteiger partial charge in [-0.25, -0.2) is 0 Å². The van der Waals surface area contributed by atoms with Crippen molar-refractivity contribution < 1.29 is 0 Å². The topological polar surface area (TPSA) is 15.3 Å². The number of hydrogen-bond donors (Lipinski definition) is 1. The molecule has 0 aliphatic rings. The van der Waals surface area contributed by atoms with Crippen LogP contribution in [-0.2, 0) is 6.54 Å². The number of nitrogens with one attached hydrogen (secondary N) is 1. The zero-order valence-electron chi connectivity index (χ0n) is 12.7. The molecule has 1 unspecified atom stereocenters. The Kier molecular flexibility index (Phi) is 7.25. The third-order valence-corrected chi connectivity index (χ3v) is 3.79. The molecule has 0 aliphatic carbocycles. The number of halogens is 1. The second kappa shape index (κ2) is 8.44. The first-order chi connectivity index (χ1) is 9.12. The first-order valence-electron chi connectivity index (χ1n) is 7.36. The summed E-state index contributed by atoms with van der Waals surface area (Å²) >= 11 is 6.13. The van der Waals surface area contributed by atoms with Crippen molar-refractivity contribution in [2.24, 2.45) is 5.92 Å². The second-order valence-electron chi connectivity index (χ2n) is 5.11. The van der Waals surface area contributed by atoms with Gasteiger partial charge in [-0.2, -0.15) is 0 Å². The predicted molar refractivity (Wildman–Crippen MR) is 86.2 cm³/mol. The van der Waals surface area contributed by atoms with E-state index in [0.29, 0.717) is 5.92 Å². The molecule has 19 heavy (non-hydrogen) atoms. The van der Waals surface area contributed by atoms with E-state index in [9.17, 15) is 0 Å². The van der Waals surface area contributed by atoms with Gasteiger partial charge in [-0.15, -0.1) is 0 Å². The van der Waals surface area contributed by atoms with Crippen LogP contribution in [0.4, 0.5) is 5.69 Å². The van der Waals surface area contributed by atoms with Crippen LogP contribution in [0.15, 0.2) is 18.2 Å². The molecule has 1 N–H and O–H groups in total. The van der Waals surface area contributed by atoms with Crippen LogP contribution in [0.5, 0.6) is 0 Å². The second-order valence-corrected chi connectivity index (χ2v) is 5.54. The molecule has 2 nitrogen and oxygen atoms in total. The average Bonchev–Trinajstić information content (AvgIpc) is 2.42. The van der Waals surface area contributed by atoms with Gasteiger partial charge in [0, 0.05) is 30.3 Å². The molecule has 108 valence electrons. The van der Waals surface area contributed by atoms with Gasteiger partial charge in [0.2, 0.25) is 0 Å². The van der Waals surface area contributed by atoms with Gasteiger partial charge in [-0.1, -0.05) is 38.8 Å². The summed E-state index contributed by atoms with van der Waals surface area (Å²) in [4.78, 5) is 2.46. The highest BCUT2D eigenvalue weighted by Crippen LogP contribution is 2.25. The Morgan fingerprint density at radius 2 is 2.00 bits per heavy atom. The molecule has 0 aromatic heterocycles. The Bertz CT molecular complexity index is 379. The molecule has 0 fully saturated rings. The van der Waals surface area contributed by atoms with Crippen LogP contribution in [-0.4, -0.2) is 19.6 Å². The standard InChI is InChI=1S/C16H27ClN2/c1-5-13(4)12-19(7-3)16-9-8-15(17)10-14(16)11-18-6-2/h8-10,13,18H,5-7,11-12H2,1-4H3. The van der Waals surface area contributed by atoms with Crippen molar-refractivity contribution in [3.8, 4) is 0 Å². The van der Waals surface area contributed by atoms with Crippen molar-refractivity contribution in [1.82, 2.24) is 5.32 Å². The Hall–Kier alpha value is -0.730. The monoisotopic (exact) mass is 282 g/mol. The largest absolute Gasteiger partial charge is 0.371 e. The zero-order chi connectivity index (χ0) is 14.3. The minimum Gasteiger partial charge on any atom is -0.371 e. The van der Waals surface area contributed by atoms with E-state index < -0.39 is 0 Å². The molecule has 0 spiro atoms. The van der Waals surface area contributed by atoms with E-state index in [1.165, 1.54) is 17.7 Å². The zero-order valence-corrected chi connectivity index (χ0v) is 13.4. The Balaban J connectivity index is 2.94. The molecule has 0 aliphatic heterocycles. The van der Waals surface area contributed by atoms with Crippen molar-refractivity contribution in [3.05, 3.63) is 28.8 Å². The Labute approximate surface area is 123 Å². The predicted octanol–water partition coefficient (Wildman–Crippen LogP) is 4.32. The van der Waals surface area contributed by atoms with Gasteiger partial charge in [0.05, 0.1) is 0 Å². The quantitative estimate of drug-likeness (QED) is 0.764. The molecule has 1 rings (SSSR count). The van der Waals surface area contributed by atoms with Gasteiger partial charge >= 0.3 is 0 Å². The maximum atomic E-state index is 6.13. The molecule has 0 saturated heterocycles. The molecule has 1 aromatic carbocycles. The van der Waals surface area contributed by atoms with E-state index in [4.69, 9.17) is 11.6 Å². The van der Waals surface area contributed by atoms with E-state index >= 15 is 0 Å². The van der Waals surface area contributed by atoms with Crippen molar-refractivity contribution in [1.29, 1.82) is 0 Å². The summed E-state index contributed by atoms with van der Waals surface area (Å²) in [5.41, 5.74) is 2.60. The van der Waals surface area contributed by atoms with Crippen LogP contribution in [0, 0.1) is 5.92 Å². The first kappa shape index (κ1) is 16.3. The number of benzene rings is 1. The lowest BCUT2D eigenvalue weighted by Gasteiger charge is -2.28. The van der Waals surface area contributed by atoms with Crippen molar-refractivity contribution >= 4 is 17.3 Å². The van der Waals surface area contributed by atoms with E-state index in [1.54, 1.807) is 0 Å². The minimum absolute atomic E-state index is 0.711. The third-order valence-electron chi connectivity index (χ3n) is 3.56. The van der Waals surface area contributed by atoms with Crippen LogP contribution < -0.4 is 10.2 Å². The van der Waals surface area contributed by atoms with Gasteiger partial charge in [-0.05, 0) is 43.1 Å². The normalized spacial score (nSPS) is 12.5. The van der Waals surface area contributed by atoms with E-state index in [1.807, 2.05) is 6.07 Å². The minimum atomic E-state index is 0.711. The fourth-order valence-corrected chi connectivity index (χ4v) is 2.36. The van der Waals surface area contributed by atoms with Crippen LogP contribution in [0.3, 0.4) is 0 Å². The number of rotatable bonds is 8. The summed E-state index contributed by atoms with van der Waals surface area (Å²) in [6.45, 7) is 12.9. The van der Waals surface area contributed by atoms with Crippen LogP contribution in [0.25, 0.3) is 0 Å². The average molecular weight is 283 g/mol. The maximum absolute atomic E-state index is 6.13. The fraction of sp³-hybridized carbons (Fsp3) is 0.625. The van der Waals surface area contributed by atoms with Crippen LogP contribution in [0.1, 0.15) is 39.7 Å². The third kappa shape index (κ3) is 5.04. The molecule has 0 amide bonds. The smallest absolute Gasteiger partial charge is 0.0412 e. The van der Waals surface area contributed by atoms with Gasteiger partial charge < -0.3 is 10.2 Å². The Morgan fingerprint density at radius 3 is 2.58 bits per heavy atom. The fourth-order valence-electron chi connectivity index (χ4n) is 2.17. The SMILES string of the molecule is CCNCc1cc(Cl)ccc1N(CC)CC(C)CC. The van der Waals surface area contributed by atoms with Gasteiger partial charge in [-0.3, -0.25) is 0 Å². The van der Waals surface area contributed by atoms with E-state index in [0.717, 1.165) is 31.2 Å². The maximum Gasteiger partial charge on any atom is 0.0412 e. The highest BCUT2D eigenvalue weighted by Gasteiger charge is 2.12. The van der Waals surface area contributed by atoms with Gasteiger partial charge in [0.15, 0.2) is 0 Å². The summed E-state index contributed by atoms with van der Waals surface area (Å²) in [7, 11) is 0. The highest BCUT2D eigenvalue weighted by atomic mass is 35.5. The molecular formula is C16H27ClN2. The molecule has 1 atom stereocenters. The molecule has 0 bridgehead atoms. The molecule has 1 aromatic rings. The summed E-state index contributed by atoms with van der Waals surface area (Å²) in [5.74, 6) is 0.711. The molecular weight excluding hydrogens is 256 g/mol. The number of hydrogen-bond acceptors (Lipinski definition) is 2. The van der Waals surface area contributed by atoms with Crippen LogP contribution >= 0.6 is 11.6 Å². The van der Waals surface area contributed by atoms with Gasteiger partial charge in [0.1, 0.15) is 0 Å². The number of anilines is 1. The molecule has 0 heterocycles. The van der Waals surface area contributed by atoms with Crippen molar-refractivity contribution in [2.75, 3.05) is 24.5 Å². The molecule has 0 saturated carbocycles. The van der Waals surface area contributed by atoms with E-state index in [2.05, 4.69) is 50.0 Å². The molecule has 0 radical (unpaired) electrons. The summed E-state index contributed by atoms with van der Waals surface area (Å²) in [6, 6.07) is 6.23. The first-order valence-corrected chi connectivity index (χ1v) is 7.74. The van der Waals surface area contributed by atoms with E-state index in [-0.39, 0.29) is 0 Å². The van der Waals surface area contributed by atoms with Crippen molar-refractivity contribution in [3.63, 3.8) is 0 Å². The summed E-state index contributed by atoms with van der Waals surface area (Å²) in [5, 5.41) is 4.21. The summed E-state index contributed by atoms with van der Waals surface area (Å²) in [6.07, 6.45) is 1.21. The lowest BCUT2D eigenvalue weighted by molar-refractivity contribution is 0.546. The lowest BCUT2D eigenvalue weighted by atomic mass is 10.1. The number of nitrogens with zero attached hydrogens (tertiary/aromatic N) is 1. The highest BCUT2D eigenvalue weighted by molar-refractivity contribution is 6.30. The van der Waals surface area contributed by atoms with Crippen LogP contribution in [0.2, 0.25) is 5.02 Å².